The predicted molar refractivity (Wildman–Crippen MR) is 82.7 cm³/mol. The second-order valence-electron chi connectivity index (χ2n) is 4.97. The van der Waals surface area contributed by atoms with Gasteiger partial charge < -0.3 is 5.32 Å². The molecular formula is C17H19ClFN. The van der Waals surface area contributed by atoms with Crippen LogP contribution in [-0.2, 0) is 0 Å². The van der Waals surface area contributed by atoms with E-state index in [9.17, 15) is 4.39 Å². The normalized spacial score (nSPS) is 12.4. The van der Waals surface area contributed by atoms with E-state index in [1.54, 1.807) is 12.1 Å². The van der Waals surface area contributed by atoms with Crippen LogP contribution in [0.3, 0.4) is 0 Å². The van der Waals surface area contributed by atoms with Crippen LogP contribution in [0.15, 0.2) is 42.5 Å². The van der Waals surface area contributed by atoms with Crippen LogP contribution >= 0.6 is 11.6 Å². The van der Waals surface area contributed by atoms with Crippen LogP contribution < -0.4 is 5.32 Å². The summed E-state index contributed by atoms with van der Waals surface area (Å²) in [6, 6.07) is 12.7. The van der Waals surface area contributed by atoms with Gasteiger partial charge in [-0.15, -0.1) is 0 Å². The smallest absolute Gasteiger partial charge is 0.128 e. The Labute approximate surface area is 124 Å². The molecule has 1 nitrogen and oxygen atoms in total. The van der Waals surface area contributed by atoms with E-state index in [0.717, 1.165) is 24.1 Å². The summed E-state index contributed by atoms with van der Waals surface area (Å²) >= 11 is 6.02. The van der Waals surface area contributed by atoms with Gasteiger partial charge in [0.05, 0.1) is 6.04 Å². The third-order valence-electron chi connectivity index (χ3n) is 3.24. The molecule has 1 N–H and O–H groups in total. The van der Waals surface area contributed by atoms with Crippen molar-refractivity contribution in [2.24, 2.45) is 0 Å². The number of hydrogen-bond donors (Lipinski definition) is 1. The first-order valence-corrected chi connectivity index (χ1v) is 7.24. The zero-order valence-corrected chi connectivity index (χ0v) is 12.5. The molecule has 0 heterocycles. The Bertz CT molecular complexity index is 583. The minimum absolute atomic E-state index is 0.173. The Balaban J connectivity index is 2.44. The fourth-order valence-electron chi connectivity index (χ4n) is 2.28. The summed E-state index contributed by atoms with van der Waals surface area (Å²) in [4.78, 5) is 0. The Kier molecular flexibility index (Phi) is 5.16. The van der Waals surface area contributed by atoms with Crippen molar-refractivity contribution < 1.29 is 4.39 Å². The van der Waals surface area contributed by atoms with E-state index < -0.39 is 0 Å². The van der Waals surface area contributed by atoms with E-state index in [0.29, 0.717) is 10.6 Å². The highest BCUT2D eigenvalue weighted by molar-refractivity contribution is 6.30. The Hall–Kier alpha value is -1.38. The average molecular weight is 292 g/mol. The third-order valence-corrected chi connectivity index (χ3v) is 3.48. The number of hydrogen-bond acceptors (Lipinski definition) is 1. The van der Waals surface area contributed by atoms with E-state index in [2.05, 4.69) is 18.3 Å². The third kappa shape index (κ3) is 3.59. The zero-order valence-electron chi connectivity index (χ0n) is 11.8. The van der Waals surface area contributed by atoms with Crippen molar-refractivity contribution in [3.8, 4) is 0 Å². The molecule has 0 amide bonds. The first-order chi connectivity index (χ1) is 9.61. The van der Waals surface area contributed by atoms with E-state index in [-0.39, 0.29) is 11.9 Å². The summed E-state index contributed by atoms with van der Waals surface area (Å²) in [6.07, 6.45) is 0.991. The van der Waals surface area contributed by atoms with Crippen molar-refractivity contribution in [1.29, 1.82) is 0 Å². The molecule has 1 atom stereocenters. The van der Waals surface area contributed by atoms with Gasteiger partial charge >= 0.3 is 0 Å². The Morgan fingerprint density at radius 1 is 1.20 bits per heavy atom. The largest absolute Gasteiger partial charge is 0.306 e. The van der Waals surface area contributed by atoms with Gasteiger partial charge in [0.15, 0.2) is 0 Å². The maximum absolute atomic E-state index is 14.1. The quantitative estimate of drug-likeness (QED) is 0.828. The van der Waals surface area contributed by atoms with E-state index in [4.69, 9.17) is 11.6 Å². The van der Waals surface area contributed by atoms with Gasteiger partial charge in [0, 0.05) is 10.6 Å². The molecule has 2 aromatic rings. The molecule has 20 heavy (non-hydrogen) atoms. The molecule has 0 spiro atoms. The molecule has 0 saturated heterocycles. The molecule has 2 aromatic carbocycles. The van der Waals surface area contributed by atoms with Crippen molar-refractivity contribution in [2.75, 3.05) is 6.54 Å². The van der Waals surface area contributed by atoms with Crippen LogP contribution in [0.25, 0.3) is 0 Å². The fraction of sp³-hybridized carbons (Fsp3) is 0.294. The van der Waals surface area contributed by atoms with Crippen LogP contribution in [0, 0.1) is 12.7 Å². The molecular weight excluding hydrogens is 273 g/mol. The van der Waals surface area contributed by atoms with E-state index in [1.807, 2.05) is 25.1 Å². The second kappa shape index (κ2) is 6.87. The topological polar surface area (TPSA) is 12.0 Å². The van der Waals surface area contributed by atoms with Crippen LogP contribution in [0.2, 0.25) is 5.02 Å². The minimum Gasteiger partial charge on any atom is -0.306 e. The van der Waals surface area contributed by atoms with Crippen molar-refractivity contribution in [3.63, 3.8) is 0 Å². The molecule has 0 aliphatic carbocycles. The lowest BCUT2D eigenvalue weighted by Gasteiger charge is -2.21. The lowest BCUT2D eigenvalue weighted by Crippen LogP contribution is -2.24. The van der Waals surface area contributed by atoms with Crippen molar-refractivity contribution in [3.05, 3.63) is 70.0 Å². The van der Waals surface area contributed by atoms with Crippen molar-refractivity contribution in [2.45, 2.75) is 26.3 Å². The summed E-state index contributed by atoms with van der Waals surface area (Å²) in [5.41, 5.74) is 2.81. The molecule has 2 rings (SSSR count). The average Bonchev–Trinajstić information content (AvgIpc) is 2.43. The molecule has 0 aromatic heterocycles. The fourth-order valence-corrected chi connectivity index (χ4v) is 2.46. The monoisotopic (exact) mass is 291 g/mol. The number of rotatable bonds is 5. The molecule has 0 aliphatic heterocycles. The van der Waals surface area contributed by atoms with Gasteiger partial charge in [-0.2, -0.15) is 0 Å². The zero-order chi connectivity index (χ0) is 14.5. The lowest BCUT2D eigenvalue weighted by atomic mass is 9.96. The summed E-state index contributed by atoms with van der Waals surface area (Å²) in [5, 5.41) is 3.95. The standard InChI is InChI=1S/C17H19ClFN/c1-3-9-20-17(13-6-4-5-12(2)10-13)15-11-14(18)7-8-16(15)19/h4-8,10-11,17,20H,3,9H2,1-2H3. The maximum atomic E-state index is 14.1. The molecule has 0 radical (unpaired) electrons. The van der Waals surface area contributed by atoms with Gasteiger partial charge in [0.1, 0.15) is 5.82 Å². The van der Waals surface area contributed by atoms with Gasteiger partial charge in [-0.05, 0) is 43.7 Å². The van der Waals surface area contributed by atoms with Crippen LogP contribution in [0.1, 0.15) is 36.1 Å². The van der Waals surface area contributed by atoms with Gasteiger partial charge in [0.25, 0.3) is 0 Å². The number of halogens is 2. The SMILES string of the molecule is CCCNC(c1cccc(C)c1)c1cc(Cl)ccc1F. The van der Waals surface area contributed by atoms with Crippen LogP contribution in [0.5, 0.6) is 0 Å². The Morgan fingerprint density at radius 3 is 2.70 bits per heavy atom. The van der Waals surface area contributed by atoms with E-state index >= 15 is 0 Å². The number of aryl methyl sites for hydroxylation is 1. The Morgan fingerprint density at radius 2 is 2.00 bits per heavy atom. The molecule has 0 saturated carbocycles. The van der Waals surface area contributed by atoms with Crippen molar-refractivity contribution >= 4 is 11.6 Å². The molecule has 0 aliphatic rings. The highest BCUT2D eigenvalue weighted by Crippen LogP contribution is 2.27. The maximum Gasteiger partial charge on any atom is 0.128 e. The summed E-state index contributed by atoms with van der Waals surface area (Å²) in [5.74, 6) is -0.232. The highest BCUT2D eigenvalue weighted by Gasteiger charge is 2.17. The minimum atomic E-state index is -0.232. The molecule has 3 heteroatoms. The first kappa shape index (κ1) is 15.0. The lowest BCUT2D eigenvalue weighted by molar-refractivity contribution is 0.546. The van der Waals surface area contributed by atoms with Crippen molar-refractivity contribution in [1.82, 2.24) is 5.32 Å². The number of benzene rings is 2. The second-order valence-corrected chi connectivity index (χ2v) is 5.40. The van der Waals surface area contributed by atoms with Crippen LogP contribution in [-0.4, -0.2) is 6.54 Å². The van der Waals surface area contributed by atoms with E-state index in [1.165, 1.54) is 6.07 Å². The molecule has 1 unspecified atom stereocenters. The highest BCUT2D eigenvalue weighted by atomic mass is 35.5. The van der Waals surface area contributed by atoms with Gasteiger partial charge in [-0.3, -0.25) is 0 Å². The predicted octanol–water partition coefficient (Wildman–Crippen LogP) is 4.88. The van der Waals surface area contributed by atoms with Crippen LogP contribution in [0.4, 0.5) is 4.39 Å². The molecule has 0 fully saturated rings. The summed E-state index contributed by atoms with van der Waals surface area (Å²) in [7, 11) is 0. The number of nitrogens with one attached hydrogen (secondary N) is 1. The molecule has 106 valence electrons. The molecule has 0 bridgehead atoms. The van der Waals surface area contributed by atoms with Gasteiger partial charge in [0.2, 0.25) is 0 Å². The summed E-state index contributed by atoms with van der Waals surface area (Å²) < 4.78 is 14.1. The first-order valence-electron chi connectivity index (χ1n) is 6.86. The van der Waals surface area contributed by atoms with Gasteiger partial charge in [-0.1, -0.05) is 48.4 Å². The summed E-state index contributed by atoms with van der Waals surface area (Å²) in [6.45, 7) is 4.95. The van der Waals surface area contributed by atoms with Gasteiger partial charge in [-0.25, -0.2) is 4.39 Å².